The van der Waals surface area contributed by atoms with Crippen molar-refractivity contribution in [2.45, 2.75) is 38.3 Å². The first-order chi connectivity index (χ1) is 8.97. The van der Waals surface area contributed by atoms with Gasteiger partial charge >= 0.3 is 7.82 Å². The molecular formula is C10H21O8P. The lowest BCUT2D eigenvalue weighted by Gasteiger charge is -2.20. The van der Waals surface area contributed by atoms with Crippen LogP contribution in [-0.2, 0) is 22.9 Å². The number of aliphatic hydroxyl groups is 3. The van der Waals surface area contributed by atoms with E-state index in [1.165, 1.54) is 0 Å². The Labute approximate surface area is 111 Å². The highest BCUT2D eigenvalue weighted by molar-refractivity contribution is 7.48. The molecule has 1 aliphatic heterocycles. The van der Waals surface area contributed by atoms with Crippen LogP contribution in [0.25, 0.3) is 0 Å². The molecule has 1 rings (SSSR count). The first kappa shape index (κ1) is 17.0. The summed E-state index contributed by atoms with van der Waals surface area (Å²) in [6.45, 7) is 2.87. The predicted octanol–water partition coefficient (Wildman–Crippen LogP) is -0.334. The van der Waals surface area contributed by atoms with Gasteiger partial charge in [-0.15, -0.1) is 0 Å². The maximum absolute atomic E-state index is 12.0. The smallest absolute Gasteiger partial charge is 0.394 e. The molecule has 1 saturated heterocycles. The second-order valence-electron chi connectivity index (χ2n) is 3.96. The van der Waals surface area contributed by atoms with Gasteiger partial charge in [0, 0.05) is 0 Å². The molecule has 1 heterocycles. The first-order valence-corrected chi connectivity index (χ1v) is 7.59. The average molecular weight is 300 g/mol. The highest BCUT2D eigenvalue weighted by Crippen LogP contribution is 2.49. The van der Waals surface area contributed by atoms with Crippen LogP contribution >= 0.6 is 7.82 Å². The van der Waals surface area contributed by atoms with Crippen LogP contribution in [0.3, 0.4) is 0 Å². The van der Waals surface area contributed by atoms with Gasteiger partial charge in [-0.25, -0.2) is 4.57 Å². The Balaban J connectivity index is 2.53. The maximum Gasteiger partial charge on any atom is 0.474 e. The van der Waals surface area contributed by atoms with Gasteiger partial charge in [0.15, 0.2) is 0 Å². The molecular weight excluding hydrogens is 279 g/mol. The van der Waals surface area contributed by atoms with Crippen molar-refractivity contribution in [3.8, 4) is 0 Å². The summed E-state index contributed by atoms with van der Waals surface area (Å²) in [5.41, 5.74) is 0. The number of phosphoric acid groups is 1. The molecule has 0 bridgehead atoms. The summed E-state index contributed by atoms with van der Waals surface area (Å²) in [6.07, 6.45) is -4.23. The van der Waals surface area contributed by atoms with E-state index >= 15 is 0 Å². The van der Waals surface area contributed by atoms with Crippen LogP contribution in [0, 0.1) is 0 Å². The van der Waals surface area contributed by atoms with E-state index in [9.17, 15) is 14.8 Å². The lowest BCUT2D eigenvalue weighted by Crippen LogP contribution is -2.35. The van der Waals surface area contributed by atoms with Crippen molar-refractivity contribution >= 4 is 7.82 Å². The van der Waals surface area contributed by atoms with E-state index in [-0.39, 0.29) is 19.8 Å². The molecule has 4 atom stereocenters. The topological polar surface area (TPSA) is 115 Å². The molecule has 1 fully saturated rings. The molecule has 1 aliphatic rings. The summed E-state index contributed by atoms with van der Waals surface area (Å²) in [5.74, 6) is 0. The van der Waals surface area contributed by atoms with Crippen molar-refractivity contribution in [3.63, 3.8) is 0 Å². The Morgan fingerprint density at radius 3 is 2.00 bits per heavy atom. The summed E-state index contributed by atoms with van der Waals surface area (Å²) in [6, 6.07) is 0. The second kappa shape index (κ2) is 7.66. The molecule has 0 amide bonds. The van der Waals surface area contributed by atoms with Crippen LogP contribution in [0.4, 0.5) is 0 Å². The Hall–Kier alpha value is -0.0500. The summed E-state index contributed by atoms with van der Waals surface area (Å²) >= 11 is 0. The van der Waals surface area contributed by atoms with Crippen molar-refractivity contribution in [2.75, 3.05) is 26.4 Å². The van der Waals surface area contributed by atoms with Crippen LogP contribution in [0.5, 0.6) is 0 Å². The largest absolute Gasteiger partial charge is 0.474 e. The van der Waals surface area contributed by atoms with Crippen LogP contribution in [0.2, 0.25) is 0 Å². The molecule has 0 saturated carbocycles. The molecule has 0 aliphatic carbocycles. The van der Waals surface area contributed by atoms with Crippen molar-refractivity contribution in [2.24, 2.45) is 0 Å². The SMILES string of the molecule is CCOP(=O)(OCC)OC[C@H]1O[C@H](CO)[C@@H](O)[C@@H]1O. The molecule has 0 unspecified atom stereocenters. The summed E-state index contributed by atoms with van der Waals surface area (Å²) in [5, 5.41) is 28.1. The van der Waals surface area contributed by atoms with Crippen LogP contribution in [0.1, 0.15) is 13.8 Å². The fourth-order valence-corrected chi connectivity index (χ4v) is 2.89. The van der Waals surface area contributed by atoms with Crippen molar-refractivity contribution in [3.05, 3.63) is 0 Å². The van der Waals surface area contributed by atoms with E-state index in [1.807, 2.05) is 0 Å². The van der Waals surface area contributed by atoms with Crippen molar-refractivity contribution in [1.29, 1.82) is 0 Å². The van der Waals surface area contributed by atoms with Gasteiger partial charge in [-0.05, 0) is 13.8 Å². The monoisotopic (exact) mass is 300 g/mol. The lowest BCUT2D eigenvalue weighted by molar-refractivity contribution is -0.0413. The van der Waals surface area contributed by atoms with Gasteiger partial charge in [0.25, 0.3) is 0 Å². The van der Waals surface area contributed by atoms with Gasteiger partial charge in [-0.1, -0.05) is 0 Å². The number of hydrogen-bond acceptors (Lipinski definition) is 8. The van der Waals surface area contributed by atoms with Gasteiger partial charge in [0.2, 0.25) is 0 Å². The molecule has 8 nitrogen and oxygen atoms in total. The molecule has 0 aromatic heterocycles. The lowest BCUT2D eigenvalue weighted by atomic mass is 10.1. The molecule has 0 radical (unpaired) electrons. The third kappa shape index (κ3) is 4.47. The Morgan fingerprint density at radius 1 is 1.05 bits per heavy atom. The van der Waals surface area contributed by atoms with Crippen molar-refractivity contribution in [1.82, 2.24) is 0 Å². The fourth-order valence-electron chi connectivity index (χ4n) is 1.71. The summed E-state index contributed by atoms with van der Waals surface area (Å²) in [4.78, 5) is 0. The van der Waals surface area contributed by atoms with Gasteiger partial charge in [-0.2, -0.15) is 0 Å². The van der Waals surface area contributed by atoms with E-state index in [4.69, 9.17) is 23.4 Å². The zero-order valence-corrected chi connectivity index (χ0v) is 11.9. The Kier molecular flexibility index (Phi) is 6.85. The molecule has 0 aromatic rings. The predicted molar refractivity (Wildman–Crippen MR) is 64.6 cm³/mol. The number of hydrogen-bond donors (Lipinski definition) is 3. The van der Waals surface area contributed by atoms with Crippen molar-refractivity contribution < 1.29 is 38.2 Å². The van der Waals surface area contributed by atoms with E-state index in [0.717, 1.165) is 0 Å². The normalized spacial score (nSPS) is 31.8. The quantitative estimate of drug-likeness (QED) is 0.522. The maximum atomic E-state index is 12.0. The first-order valence-electron chi connectivity index (χ1n) is 6.13. The molecule has 0 aromatic carbocycles. The Bertz CT molecular complexity index is 302. The van der Waals surface area contributed by atoms with Crippen LogP contribution < -0.4 is 0 Å². The van der Waals surface area contributed by atoms with Gasteiger partial charge in [-0.3, -0.25) is 13.6 Å². The average Bonchev–Trinajstić information content (AvgIpc) is 2.64. The number of aliphatic hydroxyl groups excluding tert-OH is 3. The second-order valence-corrected chi connectivity index (χ2v) is 5.62. The van der Waals surface area contributed by atoms with E-state index in [0.29, 0.717) is 0 Å². The minimum atomic E-state index is -3.68. The molecule has 114 valence electrons. The third-order valence-corrected chi connectivity index (χ3v) is 4.23. The molecule has 0 spiro atoms. The van der Waals surface area contributed by atoms with E-state index in [2.05, 4.69) is 0 Å². The summed E-state index contributed by atoms with van der Waals surface area (Å²) < 4.78 is 32.0. The number of rotatable bonds is 8. The number of phosphoric ester groups is 1. The zero-order chi connectivity index (χ0) is 14.5. The minimum absolute atomic E-state index is 0.146. The number of ether oxygens (including phenoxy) is 1. The van der Waals surface area contributed by atoms with Gasteiger partial charge < -0.3 is 20.1 Å². The van der Waals surface area contributed by atoms with Gasteiger partial charge in [0.1, 0.15) is 24.4 Å². The van der Waals surface area contributed by atoms with E-state index < -0.39 is 38.8 Å². The zero-order valence-electron chi connectivity index (χ0n) is 11.0. The van der Waals surface area contributed by atoms with E-state index in [1.54, 1.807) is 13.8 Å². The molecule has 3 N–H and O–H groups in total. The Morgan fingerprint density at radius 2 is 1.58 bits per heavy atom. The van der Waals surface area contributed by atoms with Crippen LogP contribution in [0.15, 0.2) is 0 Å². The van der Waals surface area contributed by atoms with Crippen LogP contribution in [-0.4, -0.2) is 66.2 Å². The standard InChI is InChI=1S/C10H21O8P/c1-3-15-19(14,16-4-2)17-6-8-10(13)9(12)7(5-11)18-8/h7-13H,3-6H2,1-2H3/t7-,8-,9-,10-/m1/s1. The van der Waals surface area contributed by atoms with Gasteiger partial charge in [0.05, 0.1) is 26.4 Å². The summed E-state index contributed by atoms with van der Waals surface area (Å²) in [7, 11) is -3.68. The minimum Gasteiger partial charge on any atom is -0.394 e. The third-order valence-electron chi connectivity index (χ3n) is 2.61. The highest BCUT2D eigenvalue weighted by atomic mass is 31.2. The fraction of sp³-hybridized carbons (Fsp3) is 1.00. The highest BCUT2D eigenvalue weighted by Gasteiger charge is 2.43. The molecule has 9 heteroatoms. The molecule has 19 heavy (non-hydrogen) atoms.